The van der Waals surface area contributed by atoms with E-state index in [-0.39, 0.29) is 11.8 Å². The standard InChI is InChI=1S/C22H33N5O2/c1-3-25(4-2)15-16-27-19-12-8-7-11-18(19)21(22(27)29)24-23-20(28)17-26-13-9-5-6-10-14-26/h7-8,11-12,29H,3-6,9-10,13-17H2,1-2H3. The number of hydrogen-bond acceptors (Lipinski definition) is 5. The Labute approximate surface area is 173 Å². The van der Waals surface area contributed by atoms with Crippen molar-refractivity contribution in [3.63, 3.8) is 0 Å². The highest BCUT2D eigenvalue weighted by molar-refractivity contribution is 5.95. The number of hydrogen-bond donors (Lipinski definition) is 1. The number of carbonyl (C=O) groups is 1. The number of fused-ring (bicyclic) bond motifs is 1. The molecule has 0 bridgehead atoms. The van der Waals surface area contributed by atoms with Crippen LogP contribution >= 0.6 is 0 Å². The third-order valence-electron chi connectivity index (χ3n) is 5.77. The van der Waals surface area contributed by atoms with E-state index in [9.17, 15) is 9.90 Å². The first-order valence-electron chi connectivity index (χ1n) is 10.8. The minimum atomic E-state index is -0.258. The highest BCUT2D eigenvalue weighted by Crippen LogP contribution is 2.38. The molecule has 3 rings (SSSR count). The number of azo groups is 1. The lowest BCUT2D eigenvalue weighted by molar-refractivity contribution is -0.119. The Bertz CT molecular complexity index is 833. The average Bonchev–Trinajstić information content (AvgIpc) is 2.88. The van der Waals surface area contributed by atoms with Crippen molar-refractivity contribution in [2.24, 2.45) is 10.2 Å². The number of aromatic hydroxyl groups is 1. The van der Waals surface area contributed by atoms with Crippen LogP contribution in [0.5, 0.6) is 5.88 Å². The summed E-state index contributed by atoms with van der Waals surface area (Å²) in [6, 6.07) is 7.74. The molecule has 0 atom stereocenters. The summed E-state index contributed by atoms with van der Waals surface area (Å²) in [5, 5.41) is 19.7. The summed E-state index contributed by atoms with van der Waals surface area (Å²) in [6.07, 6.45) is 4.72. The third-order valence-corrected chi connectivity index (χ3v) is 5.77. The minimum absolute atomic E-state index is 0.0738. The summed E-state index contributed by atoms with van der Waals surface area (Å²) < 4.78 is 1.86. The van der Waals surface area contributed by atoms with Gasteiger partial charge in [-0.2, -0.15) is 0 Å². The molecule has 1 aliphatic rings. The molecule has 0 saturated carbocycles. The number of likely N-dealkylation sites (N-methyl/N-ethyl adjacent to an activating group) is 1. The van der Waals surface area contributed by atoms with Gasteiger partial charge in [-0.15, -0.1) is 10.2 Å². The molecule has 1 N–H and O–H groups in total. The van der Waals surface area contributed by atoms with Gasteiger partial charge in [0.1, 0.15) is 0 Å². The lowest BCUT2D eigenvalue weighted by Gasteiger charge is -2.18. The highest BCUT2D eigenvalue weighted by atomic mass is 16.3. The Morgan fingerprint density at radius 3 is 2.48 bits per heavy atom. The SMILES string of the molecule is CCN(CC)CCn1c(O)c(N=NC(=O)CN2CCCCCC2)c2ccccc21. The van der Waals surface area contributed by atoms with Crippen molar-refractivity contribution < 1.29 is 9.90 Å². The molecule has 0 aliphatic carbocycles. The van der Waals surface area contributed by atoms with Crippen molar-refractivity contribution in [1.29, 1.82) is 0 Å². The van der Waals surface area contributed by atoms with Gasteiger partial charge < -0.3 is 14.6 Å². The number of para-hydroxylation sites is 1. The third kappa shape index (κ3) is 5.42. The average molecular weight is 400 g/mol. The van der Waals surface area contributed by atoms with Crippen molar-refractivity contribution in [2.75, 3.05) is 39.3 Å². The van der Waals surface area contributed by atoms with Crippen LogP contribution in [-0.2, 0) is 11.3 Å². The lowest BCUT2D eigenvalue weighted by Crippen LogP contribution is -2.29. The van der Waals surface area contributed by atoms with E-state index in [2.05, 4.69) is 33.9 Å². The van der Waals surface area contributed by atoms with Crippen LogP contribution in [-0.4, -0.2) is 64.6 Å². The minimum Gasteiger partial charge on any atom is -0.493 e. The maximum atomic E-state index is 12.3. The van der Waals surface area contributed by atoms with Gasteiger partial charge in [0.2, 0.25) is 5.88 Å². The molecular formula is C22H33N5O2. The molecule has 7 heteroatoms. The van der Waals surface area contributed by atoms with Crippen LogP contribution in [0.3, 0.4) is 0 Å². The van der Waals surface area contributed by atoms with Crippen molar-refractivity contribution in [2.45, 2.75) is 46.1 Å². The van der Waals surface area contributed by atoms with Crippen LogP contribution in [0.4, 0.5) is 5.69 Å². The maximum absolute atomic E-state index is 12.3. The van der Waals surface area contributed by atoms with Crippen LogP contribution in [0, 0.1) is 0 Å². The molecule has 0 spiro atoms. The fraction of sp³-hybridized carbons (Fsp3) is 0.591. The normalized spacial score (nSPS) is 16.1. The number of nitrogens with zero attached hydrogens (tertiary/aromatic N) is 5. The maximum Gasteiger partial charge on any atom is 0.278 e. The molecule has 0 radical (unpaired) electrons. The highest BCUT2D eigenvalue weighted by Gasteiger charge is 2.18. The van der Waals surface area contributed by atoms with Crippen LogP contribution in [0.2, 0.25) is 0 Å². The van der Waals surface area contributed by atoms with Gasteiger partial charge in [-0.25, -0.2) is 0 Å². The zero-order chi connectivity index (χ0) is 20.6. The molecular weight excluding hydrogens is 366 g/mol. The summed E-state index contributed by atoms with van der Waals surface area (Å²) in [5.41, 5.74) is 1.29. The molecule has 1 saturated heterocycles. The number of amides is 1. The van der Waals surface area contributed by atoms with Crippen molar-refractivity contribution >= 4 is 22.5 Å². The summed E-state index contributed by atoms with van der Waals surface area (Å²) >= 11 is 0. The monoisotopic (exact) mass is 399 g/mol. The molecule has 1 aliphatic heterocycles. The largest absolute Gasteiger partial charge is 0.493 e. The number of rotatable bonds is 8. The van der Waals surface area contributed by atoms with Crippen molar-refractivity contribution in [1.82, 2.24) is 14.4 Å². The molecule has 1 amide bonds. The molecule has 0 unspecified atom stereocenters. The van der Waals surface area contributed by atoms with Crippen LogP contribution < -0.4 is 0 Å². The zero-order valence-electron chi connectivity index (χ0n) is 17.7. The van der Waals surface area contributed by atoms with Crippen LogP contribution in [0.1, 0.15) is 39.5 Å². The van der Waals surface area contributed by atoms with Gasteiger partial charge in [0, 0.05) is 18.5 Å². The van der Waals surface area contributed by atoms with Crippen LogP contribution in [0.15, 0.2) is 34.5 Å². The summed E-state index contributed by atoms with van der Waals surface area (Å²) in [5.74, 6) is -0.184. The smallest absolute Gasteiger partial charge is 0.278 e. The second kappa shape index (κ2) is 10.5. The lowest BCUT2D eigenvalue weighted by atomic mass is 10.2. The van der Waals surface area contributed by atoms with Gasteiger partial charge in [0.05, 0.1) is 12.1 Å². The van der Waals surface area contributed by atoms with E-state index < -0.39 is 0 Å². The Kier molecular flexibility index (Phi) is 7.77. The van der Waals surface area contributed by atoms with Gasteiger partial charge in [-0.3, -0.25) is 9.69 Å². The fourth-order valence-electron chi connectivity index (χ4n) is 4.00. The Hall–Kier alpha value is -2.25. The number of aromatic nitrogens is 1. The van der Waals surface area contributed by atoms with Gasteiger partial charge in [-0.05, 0) is 45.1 Å². The first-order chi connectivity index (χ1) is 14.1. The summed E-state index contributed by atoms with van der Waals surface area (Å²) in [7, 11) is 0. The van der Waals surface area contributed by atoms with Crippen molar-refractivity contribution in [3.8, 4) is 5.88 Å². The predicted octanol–water partition coefficient (Wildman–Crippen LogP) is 4.18. The fourth-order valence-corrected chi connectivity index (χ4v) is 4.00. The van der Waals surface area contributed by atoms with E-state index >= 15 is 0 Å². The van der Waals surface area contributed by atoms with Gasteiger partial charge in [0.25, 0.3) is 5.91 Å². The van der Waals surface area contributed by atoms with E-state index in [4.69, 9.17) is 0 Å². The Morgan fingerprint density at radius 1 is 1.10 bits per heavy atom. The summed E-state index contributed by atoms with van der Waals surface area (Å²) in [6.45, 7) is 9.87. The Balaban J connectivity index is 1.77. The van der Waals surface area contributed by atoms with E-state index in [0.29, 0.717) is 18.8 Å². The summed E-state index contributed by atoms with van der Waals surface area (Å²) in [4.78, 5) is 16.8. The molecule has 29 heavy (non-hydrogen) atoms. The van der Waals surface area contributed by atoms with Gasteiger partial charge in [0.15, 0.2) is 5.69 Å². The molecule has 7 nitrogen and oxygen atoms in total. The van der Waals surface area contributed by atoms with Crippen molar-refractivity contribution in [3.05, 3.63) is 24.3 Å². The molecule has 1 aromatic carbocycles. The van der Waals surface area contributed by atoms with E-state index in [1.807, 2.05) is 28.8 Å². The quantitative estimate of drug-likeness (QED) is 0.676. The van der Waals surface area contributed by atoms with E-state index in [1.165, 1.54) is 12.8 Å². The van der Waals surface area contributed by atoms with Gasteiger partial charge >= 0.3 is 0 Å². The molecule has 2 heterocycles. The van der Waals surface area contributed by atoms with E-state index in [0.717, 1.165) is 56.5 Å². The second-order valence-electron chi connectivity index (χ2n) is 7.65. The zero-order valence-corrected chi connectivity index (χ0v) is 17.7. The number of carbonyl (C=O) groups excluding carboxylic acids is 1. The molecule has 158 valence electrons. The first kappa shape index (κ1) is 21.5. The number of likely N-dealkylation sites (tertiary alicyclic amines) is 1. The molecule has 2 aromatic rings. The second-order valence-corrected chi connectivity index (χ2v) is 7.65. The number of benzene rings is 1. The molecule has 1 fully saturated rings. The molecule has 1 aromatic heterocycles. The van der Waals surface area contributed by atoms with Crippen LogP contribution in [0.25, 0.3) is 10.9 Å². The predicted molar refractivity (Wildman–Crippen MR) is 116 cm³/mol. The van der Waals surface area contributed by atoms with E-state index in [1.54, 1.807) is 0 Å². The van der Waals surface area contributed by atoms with Gasteiger partial charge in [-0.1, -0.05) is 44.9 Å². The first-order valence-corrected chi connectivity index (χ1v) is 10.8. The Morgan fingerprint density at radius 2 is 1.79 bits per heavy atom. The topological polar surface area (TPSA) is 73.4 Å².